The van der Waals surface area contributed by atoms with Crippen LogP contribution in [-0.4, -0.2) is 47.8 Å². The van der Waals surface area contributed by atoms with Gasteiger partial charge in [-0.25, -0.2) is 4.79 Å². The lowest BCUT2D eigenvalue weighted by Crippen LogP contribution is -2.54. The summed E-state index contributed by atoms with van der Waals surface area (Å²) in [6.45, 7) is 3.26. The number of aliphatic hydroxyl groups is 1. The van der Waals surface area contributed by atoms with Crippen molar-refractivity contribution in [1.29, 1.82) is 0 Å². The van der Waals surface area contributed by atoms with Crippen LogP contribution in [0.25, 0.3) is 0 Å². The molecule has 1 aliphatic rings. The smallest absolute Gasteiger partial charge is 0.326 e. The molecule has 0 bridgehead atoms. The van der Waals surface area contributed by atoms with Crippen molar-refractivity contribution in [3.8, 4) is 0 Å². The number of aliphatic hydroxyl groups excluding tert-OH is 1. The van der Waals surface area contributed by atoms with E-state index >= 15 is 0 Å². The van der Waals surface area contributed by atoms with E-state index in [4.69, 9.17) is 10.2 Å². The highest BCUT2D eigenvalue weighted by molar-refractivity contribution is 5.87. The minimum atomic E-state index is -1.10. The summed E-state index contributed by atoms with van der Waals surface area (Å²) in [5.41, 5.74) is -0.504. The van der Waals surface area contributed by atoms with E-state index in [1.165, 1.54) is 0 Å². The monoisotopic (exact) mass is 272 g/mol. The van der Waals surface area contributed by atoms with Gasteiger partial charge in [-0.1, -0.05) is 13.3 Å². The molecule has 0 aromatic carbocycles. The fourth-order valence-electron chi connectivity index (χ4n) is 2.66. The van der Waals surface area contributed by atoms with Crippen LogP contribution in [0, 0.1) is 5.41 Å². The number of carbonyl (C=O) groups excluding carboxylic acids is 1. The van der Waals surface area contributed by atoms with Crippen LogP contribution in [0.2, 0.25) is 0 Å². The summed E-state index contributed by atoms with van der Waals surface area (Å²) in [6.07, 6.45) is 3.37. The number of nitrogens with one attached hydrogen (secondary N) is 2. The second kappa shape index (κ2) is 7.45. The Kier molecular flexibility index (Phi) is 6.24. The minimum absolute atomic E-state index is 0.0384. The zero-order valence-corrected chi connectivity index (χ0v) is 11.4. The molecule has 0 aromatic heterocycles. The molecule has 19 heavy (non-hydrogen) atoms. The van der Waals surface area contributed by atoms with Gasteiger partial charge in [0.25, 0.3) is 0 Å². The predicted octanol–water partition coefficient (Wildman–Crippen LogP) is 0.108. The van der Waals surface area contributed by atoms with E-state index in [2.05, 4.69) is 10.6 Å². The highest BCUT2D eigenvalue weighted by atomic mass is 16.4. The fraction of sp³-hybridized carbons (Fsp3) is 0.846. The molecule has 2 unspecified atom stereocenters. The Morgan fingerprint density at radius 3 is 2.68 bits per heavy atom. The van der Waals surface area contributed by atoms with E-state index in [-0.39, 0.29) is 18.9 Å². The Morgan fingerprint density at radius 2 is 2.21 bits per heavy atom. The number of amides is 1. The number of carboxylic acid groups (broad SMARTS) is 1. The van der Waals surface area contributed by atoms with E-state index in [9.17, 15) is 9.59 Å². The van der Waals surface area contributed by atoms with Crippen molar-refractivity contribution in [1.82, 2.24) is 10.6 Å². The zero-order valence-electron chi connectivity index (χ0n) is 11.4. The summed E-state index contributed by atoms with van der Waals surface area (Å²) in [4.78, 5) is 23.4. The van der Waals surface area contributed by atoms with Gasteiger partial charge in [-0.15, -0.1) is 0 Å². The molecule has 0 saturated carbocycles. The van der Waals surface area contributed by atoms with Crippen molar-refractivity contribution in [3.05, 3.63) is 0 Å². The first kappa shape index (κ1) is 15.9. The second-order valence-corrected chi connectivity index (χ2v) is 5.19. The van der Waals surface area contributed by atoms with Crippen LogP contribution in [-0.2, 0) is 9.59 Å². The van der Waals surface area contributed by atoms with E-state index in [1.807, 2.05) is 6.92 Å². The molecule has 6 nitrogen and oxygen atoms in total. The normalized spacial score (nSPS) is 24.7. The number of aliphatic carboxylic acids is 1. The van der Waals surface area contributed by atoms with Crippen molar-refractivity contribution in [2.75, 3.05) is 19.7 Å². The topological polar surface area (TPSA) is 98.7 Å². The molecular formula is C13H24N2O4. The number of piperidine rings is 1. The van der Waals surface area contributed by atoms with Gasteiger partial charge < -0.3 is 20.8 Å². The first-order chi connectivity index (χ1) is 9.05. The highest BCUT2D eigenvalue weighted by Crippen LogP contribution is 2.32. The lowest BCUT2D eigenvalue weighted by molar-refractivity contribution is -0.145. The minimum Gasteiger partial charge on any atom is -0.480 e. The molecule has 1 aliphatic heterocycles. The summed E-state index contributed by atoms with van der Waals surface area (Å²) in [5, 5.41) is 23.7. The maximum Gasteiger partial charge on any atom is 0.326 e. The molecule has 1 saturated heterocycles. The standard InChI is InChI=1S/C13H24N2O4/c1-2-5-13(6-3-7-14-9-13)12(19)15-10(4-8-16)11(17)18/h10,14,16H,2-9H2,1H3,(H,15,19)(H,17,18). The van der Waals surface area contributed by atoms with Gasteiger partial charge in [0.2, 0.25) is 5.91 Å². The molecule has 0 spiro atoms. The highest BCUT2D eigenvalue weighted by Gasteiger charge is 2.40. The van der Waals surface area contributed by atoms with Crippen molar-refractivity contribution in [3.63, 3.8) is 0 Å². The summed E-state index contributed by atoms with van der Waals surface area (Å²) in [5.74, 6) is -1.31. The molecule has 0 radical (unpaired) electrons. The molecular weight excluding hydrogens is 248 g/mol. The molecule has 4 N–H and O–H groups in total. The van der Waals surface area contributed by atoms with Gasteiger partial charge >= 0.3 is 5.97 Å². The Balaban J connectivity index is 2.73. The van der Waals surface area contributed by atoms with Crippen LogP contribution in [0.4, 0.5) is 0 Å². The predicted molar refractivity (Wildman–Crippen MR) is 70.7 cm³/mol. The number of hydrogen-bond donors (Lipinski definition) is 4. The molecule has 1 amide bonds. The maximum atomic E-state index is 12.4. The third-order valence-corrected chi connectivity index (χ3v) is 3.70. The lowest BCUT2D eigenvalue weighted by Gasteiger charge is -2.37. The molecule has 1 fully saturated rings. The van der Waals surface area contributed by atoms with Crippen LogP contribution < -0.4 is 10.6 Å². The van der Waals surface area contributed by atoms with Crippen molar-refractivity contribution in [2.45, 2.75) is 45.1 Å². The van der Waals surface area contributed by atoms with Gasteiger partial charge in [-0.3, -0.25) is 4.79 Å². The molecule has 1 rings (SSSR count). The van der Waals surface area contributed by atoms with Crippen LogP contribution in [0.5, 0.6) is 0 Å². The molecule has 6 heteroatoms. The number of hydrogen-bond acceptors (Lipinski definition) is 4. The van der Waals surface area contributed by atoms with Crippen molar-refractivity contribution >= 4 is 11.9 Å². The molecule has 2 atom stereocenters. The van der Waals surface area contributed by atoms with E-state index in [1.54, 1.807) is 0 Å². The van der Waals surface area contributed by atoms with E-state index in [0.29, 0.717) is 6.54 Å². The third-order valence-electron chi connectivity index (χ3n) is 3.70. The van der Waals surface area contributed by atoms with E-state index < -0.39 is 17.4 Å². The molecule has 1 heterocycles. The number of rotatable bonds is 7. The van der Waals surface area contributed by atoms with Crippen LogP contribution in [0.1, 0.15) is 39.0 Å². The van der Waals surface area contributed by atoms with Gasteiger partial charge in [-0.05, 0) is 25.8 Å². The summed E-state index contributed by atoms with van der Waals surface area (Å²) < 4.78 is 0. The summed E-state index contributed by atoms with van der Waals surface area (Å²) in [7, 11) is 0. The molecule has 0 aliphatic carbocycles. The number of carboxylic acids is 1. The van der Waals surface area contributed by atoms with Gasteiger partial charge in [0.1, 0.15) is 6.04 Å². The van der Waals surface area contributed by atoms with Crippen LogP contribution in [0.3, 0.4) is 0 Å². The average molecular weight is 272 g/mol. The molecule has 0 aromatic rings. The Morgan fingerprint density at radius 1 is 1.47 bits per heavy atom. The largest absolute Gasteiger partial charge is 0.480 e. The average Bonchev–Trinajstić information content (AvgIpc) is 2.39. The summed E-state index contributed by atoms with van der Waals surface area (Å²) >= 11 is 0. The van der Waals surface area contributed by atoms with E-state index in [0.717, 1.165) is 32.2 Å². The second-order valence-electron chi connectivity index (χ2n) is 5.19. The van der Waals surface area contributed by atoms with Crippen molar-refractivity contribution in [2.24, 2.45) is 5.41 Å². The lowest BCUT2D eigenvalue weighted by atomic mass is 9.76. The first-order valence-electron chi connectivity index (χ1n) is 6.91. The fourth-order valence-corrected chi connectivity index (χ4v) is 2.66. The van der Waals surface area contributed by atoms with Crippen LogP contribution in [0.15, 0.2) is 0 Å². The van der Waals surface area contributed by atoms with Gasteiger partial charge in [-0.2, -0.15) is 0 Å². The Hall–Kier alpha value is -1.14. The summed E-state index contributed by atoms with van der Waals surface area (Å²) in [6, 6.07) is -1.01. The quantitative estimate of drug-likeness (QED) is 0.527. The van der Waals surface area contributed by atoms with Crippen molar-refractivity contribution < 1.29 is 19.8 Å². The number of carbonyl (C=O) groups is 2. The maximum absolute atomic E-state index is 12.4. The third kappa shape index (κ3) is 4.18. The van der Waals surface area contributed by atoms with Crippen LogP contribution >= 0.6 is 0 Å². The first-order valence-corrected chi connectivity index (χ1v) is 6.91. The van der Waals surface area contributed by atoms with Gasteiger partial charge in [0.15, 0.2) is 0 Å². The Bertz CT molecular complexity index is 308. The molecule has 110 valence electrons. The zero-order chi connectivity index (χ0) is 14.3. The van der Waals surface area contributed by atoms with Gasteiger partial charge in [0.05, 0.1) is 5.41 Å². The SMILES string of the molecule is CCCC1(C(=O)NC(CCO)C(=O)O)CCCNC1. The Labute approximate surface area is 113 Å². The van der Waals surface area contributed by atoms with Gasteiger partial charge in [0, 0.05) is 19.6 Å².